The highest BCUT2D eigenvalue weighted by Crippen LogP contribution is 1.94. The lowest BCUT2D eigenvalue weighted by Crippen LogP contribution is -1.91. The molecule has 3 nitrogen and oxygen atoms in total. The summed E-state index contributed by atoms with van der Waals surface area (Å²) in [5, 5.41) is 15.8. The van der Waals surface area contributed by atoms with Crippen LogP contribution in [0.4, 0.5) is 0 Å². The zero-order chi connectivity index (χ0) is 7.40. The third-order valence-corrected chi connectivity index (χ3v) is 1.20. The molecule has 0 aliphatic rings. The number of aromatic nitrogens is 2. The van der Waals surface area contributed by atoms with E-state index in [0.717, 1.165) is 12.1 Å². The summed E-state index contributed by atoms with van der Waals surface area (Å²) in [6.07, 6.45) is 0.860. The van der Waals surface area contributed by atoms with E-state index in [1.807, 2.05) is 19.1 Å². The van der Waals surface area contributed by atoms with Crippen LogP contribution >= 0.6 is 0 Å². The molecule has 1 heterocycles. The molecule has 10 heavy (non-hydrogen) atoms. The molecule has 1 aromatic heterocycles. The van der Waals surface area contributed by atoms with Crippen molar-refractivity contribution < 1.29 is 0 Å². The first-order valence-electron chi connectivity index (χ1n) is 3.09. The van der Waals surface area contributed by atoms with E-state index in [1.165, 1.54) is 0 Å². The number of hydrogen-bond acceptors (Lipinski definition) is 3. The summed E-state index contributed by atoms with van der Waals surface area (Å²) < 4.78 is 0. The third-order valence-electron chi connectivity index (χ3n) is 1.20. The Kier molecular flexibility index (Phi) is 1.96. The van der Waals surface area contributed by atoms with Gasteiger partial charge in [0.2, 0.25) is 0 Å². The van der Waals surface area contributed by atoms with Crippen molar-refractivity contribution >= 4 is 0 Å². The van der Waals surface area contributed by atoms with E-state index < -0.39 is 0 Å². The summed E-state index contributed by atoms with van der Waals surface area (Å²) in [6, 6.07) is 5.39. The second-order valence-electron chi connectivity index (χ2n) is 1.88. The summed E-state index contributed by atoms with van der Waals surface area (Å²) >= 11 is 0. The molecular formula is C7H7N3. The highest BCUT2D eigenvalue weighted by Gasteiger charge is 1.91. The van der Waals surface area contributed by atoms with Crippen molar-refractivity contribution in [2.24, 2.45) is 0 Å². The van der Waals surface area contributed by atoms with E-state index in [-0.39, 0.29) is 0 Å². The second kappa shape index (κ2) is 2.92. The van der Waals surface area contributed by atoms with Gasteiger partial charge in [-0.3, -0.25) is 0 Å². The normalized spacial score (nSPS) is 8.80. The van der Waals surface area contributed by atoms with Crippen LogP contribution in [-0.2, 0) is 6.42 Å². The number of hydrogen-bond donors (Lipinski definition) is 0. The predicted molar refractivity (Wildman–Crippen MR) is 36.1 cm³/mol. The van der Waals surface area contributed by atoms with E-state index in [1.54, 1.807) is 6.07 Å². The fraction of sp³-hybridized carbons (Fsp3) is 0.286. The summed E-state index contributed by atoms with van der Waals surface area (Å²) in [4.78, 5) is 0. The van der Waals surface area contributed by atoms with Gasteiger partial charge in [0.1, 0.15) is 6.07 Å². The lowest BCUT2D eigenvalue weighted by molar-refractivity contribution is 0.908. The first-order valence-corrected chi connectivity index (χ1v) is 3.09. The quantitative estimate of drug-likeness (QED) is 0.572. The molecule has 1 rings (SSSR count). The molecule has 0 saturated carbocycles. The van der Waals surface area contributed by atoms with Crippen molar-refractivity contribution in [3.63, 3.8) is 0 Å². The minimum absolute atomic E-state index is 0.372. The van der Waals surface area contributed by atoms with Gasteiger partial charge in [0.05, 0.1) is 5.69 Å². The SMILES string of the molecule is CCc1ccc(C#N)nn1. The maximum absolute atomic E-state index is 8.35. The molecule has 0 atom stereocenters. The molecule has 3 heteroatoms. The van der Waals surface area contributed by atoms with Crippen LogP contribution in [0.15, 0.2) is 12.1 Å². The monoisotopic (exact) mass is 133 g/mol. The van der Waals surface area contributed by atoms with E-state index >= 15 is 0 Å². The summed E-state index contributed by atoms with van der Waals surface area (Å²) in [6.45, 7) is 2.00. The zero-order valence-corrected chi connectivity index (χ0v) is 5.70. The molecule has 0 unspecified atom stereocenters. The topological polar surface area (TPSA) is 49.6 Å². The van der Waals surface area contributed by atoms with E-state index in [9.17, 15) is 0 Å². The van der Waals surface area contributed by atoms with Crippen LogP contribution in [0.25, 0.3) is 0 Å². The van der Waals surface area contributed by atoms with Gasteiger partial charge in [0.25, 0.3) is 0 Å². The van der Waals surface area contributed by atoms with Crippen LogP contribution in [0.1, 0.15) is 18.3 Å². The third kappa shape index (κ3) is 1.29. The molecule has 0 saturated heterocycles. The first-order chi connectivity index (χ1) is 4.86. The van der Waals surface area contributed by atoms with Crippen molar-refractivity contribution in [3.05, 3.63) is 23.5 Å². The highest BCUT2D eigenvalue weighted by molar-refractivity contribution is 5.18. The fourth-order valence-electron chi connectivity index (χ4n) is 0.608. The average Bonchev–Trinajstić information content (AvgIpc) is 2.05. The molecule has 0 fully saturated rings. The predicted octanol–water partition coefficient (Wildman–Crippen LogP) is 0.911. The average molecular weight is 133 g/mol. The molecule has 0 aliphatic carbocycles. The number of rotatable bonds is 1. The molecule has 0 amide bonds. The van der Waals surface area contributed by atoms with Crippen molar-refractivity contribution in [3.8, 4) is 6.07 Å². The van der Waals surface area contributed by atoms with Gasteiger partial charge >= 0.3 is 0 Å². The Hall–Kier alpha value is -1.43. The van der Waals surface area contributed by atoms with Crippen LogP contribution in [0.5, 0.6) is 0 Å². The lowest BCUT2D eigenvalue weighted by Gasteiger charge is -1.90. The molecule has 0 aliphatic heterocycles. The molecule has 0 bridgehead atoms. The van der Waals surface area contributed by atoms with Gasteiger partial charge in [0.15, 0.2) is 5.69 Å². The lowest BCUT2D eigenvalue weighted by atomic mass is 10.3. The van der Waals surface area contributed by atoms with Gasteiger partial charge in [0, 0.05) is 0 Å². The van der Waals surface area contributed by atoms with Crippen LogP contribution < -0.4 is 0 Å². The van der Waals surface area contributed by atoms with Crippen molar-refractivity contribution in [1.82, 2.24) is 10.2 Å². The van der Waals surface area contributed by atoms with Gasteiger partial charge in [-0.2, -0.15) is 10.4 Å². The Labute approximate surface area is 59.3 Å². The fourth-order valence-corrected chi connectivity index (χ4v) is 0.608. The molecule has 0 spiro atoms. The van der Waals surface area contributed by atoms with Gasteiger partial charge in [-0.15, -0.1) is 5.10 Å². The number of nitriles is 1. The van der Waals surface area contributed by atoms with E-state index in [0.29, 0.717) is 5.69 Å². The zero-order valence-electron chi connectivity index (χ0n) is 5.70. The molecule has 0 aromatic carbocycles. The Morgan fingerprint density at radius 3 is 2.70 bits per heavy atom. The summed E-state index contributed by atoms with van der Waals surface area (Å²) in [5.74, 6) is 0. The molecule has 50 valence electrons. The minimum atomic E-state index is 0.372. The molecule has 1 aromatic rings. The summed E-state index contributed by atoms with van der Waals surface area (Å²) in [5.41, 5.74) is 1.29. The maximum Gasteiger partial charge on any atom is 0.163 e. The Morgan fingerprint density at radius 1 is 1.50 bits per heavy atom. The van der Waals surface area contributed by atoms with Crippen molar-refractivity contribution in [2.75, 3.05) is 0 Å². The molecular weight excluding hydrogens is 126 g/mol. The van der Waals surface area contributed by atoms with Crippen molar-refractivity contribution in [2.45, 2.75) is 13.3 Å². The molecule has 0 radical (unpaired) electrons. The number of nitrogens with zero attached hydrogens (tertiary/aromatic N) is 3. The standard InChI is InChI=1S/C7H7N3/c1-2-6-3-4-7(5-8)10-9-6/h3-4H,2H2,1H3. The Bertz CT molecular complexity index is 245. The maximum atomic E-state index is 8.35. The minimum Gasteiger partial charge on any atom is -0.191 e. The van der Waals surface area contributed by atoms with E-state index in [2.05, 4.69) is 10.2 Å². The van der Waals surface area contributed by atoms with Crippen LogP contribution in [0.3, 0.4) is 0 Å². The second-order valence-corrected chi connectivity index (χ2v) is 1.88. The Balaban J connectivity index is 2.93. The first kappa shape index (κ1) is 6.69. The smallest absolute Gasteiger partial charge is 0.163 e. The van der Waals surface area contributed by atoms with E-state index in [4.69, 9.17) is 5.26 Å². The van der Waals surface area contributed by atoms with Gasteiger partial charge in [-0.05, 0) is 18.6 Å². The van der Waals surface area contributed by atoms with Crippen molar-refractivity contribution in [1.29, 1.82) is 5.26 Å². The van der Waals surface area contributed by atoms with Crippen LogP contribution in [-0.4, -0.2) is 10.2 Å². The Morgan fingerprint density at radius 2 is 2.30 bits per heavy atom. The van der Waals surface area contributed by atoms with Gasteiger partial charge in [-0.25, -0.2) is 0 Å². The van der Waals surface area contributed by atoms with Crippen LogP contribution in [0.2, 0.25) is 0 Å². The van der Waals surface area contributed by atoms with Gasteiger partial charge in [-0.1, -0.05) is 6.92 Å². The highest BCUT2D eigenvalue weighted by atomic mass is 15.1. The summed E-state index contributed by atoms with van der Waals surface area (Å²) in [7, 11) is 0. The molecule has 0 N–H and O–H groups in total. The van der Waals surface area contributed by atoms with Gasteiger partial charge < -0.3 is 0 Å². The largest absolute Gasteiger partial charge is 0.191 e. The van der Waals surface area contributed by atoms with Crippen LogP contribution in [0, 0.1) is 11.3 Å². The number of aryl methyl sites for hydroxylation is 1.